The molecule has 1 aromatic heterocycles. The van der Waals surface area contributed by atoms with Crippen molar-refractivity contribution >= 4 is 11.7 Å². The van der Waals surface area contributed by atoms with E-state index >= 15 is 0 Å². The Morgan fingerprint density at radius 1 is 1.60 bits per heavy atom. The summed E-state index contributed by atoms with van der Waals surface area (Å²) in [5.41, 5.74) is 7.30. The molecule has 1 aliphatic rings. The van der Waals surface area contributed by atoms with E-state index in [4.69, 9.17) is 15.7 Å². The van der Waals surface area contributed by atoms with E-state index in [1.807, 2.05) is 19.1 Å². The standard InChI is InChI=1S/C14H22N4O2/c1-3-18(9-11-5-4-8-20-11)14-12(13(15)17-19)7-6-10(2)16-14/h6-7,11,19H,3-5,8-9H2,1-2H3,(H2,15,17). The van der Waals surface area contributed by atoms with Crippen molar-refractivity contribution < 1.29 is 9.94 Å². The molecule has 6 nitrogen and oxygen atoms in total. The minimum absolute atomic E-state index is 0.0818. The molecule has 1 unspecified atom stereocenters. The molecule has 2 rings (SSSR count). The first kappa shape index (κ1) is 14.6. The Hall–Kier alpha value is -1.82. The van der Waals surface area contributed by atoms with E-state index in [9.17, 15) is 0 Å². The smallest absolute Gasteiger partial charge is 0.173 e. The van der Waals surface area contributed by atoms with Crippen molar-refractivity contribution in [2.45, 2.75) is 32.8 Å². The van der Waals surface area contributed by atoms with Crippen LogP contribution in [-0.4, -0.2) is 41.8 Å². The number of nitrogens with zero attached hydrogens (tertiary/aromatic N) is 3. The zero-order valence-corrected chi connectivity index (χ0v) is 12.0. The quantitative estimate of drug-likeness (QED) is 0.369. The minimum Gasteiger partial charge on any atom is -0.409 e. The van der Waals surface area contributed by atoms with E-state index in [1.54, 1.807) is 0 Å². The SMILES string of the molecule is CCN(CC1CCCO1)c1nc(C)ccc1C(N)=NO. The number of aryl methyl sites for hydroxylation is 1. The second-order valence-corrected chi connectivity index (χ2v) is 4.98. The van der Waals surface area contributed by atoms with Crippen LogP contribution >= 0.6 is 0 Å². The third-order valence-corrected chi connectivity index (χ3v) is 3.53. The summed E-state index contributed by atoms with van der Waals surface area (Å²) in [5.74, 6) is 0.830. The highest BCUT2D eigenvalue weighted by Gasteiger charge is 2.22. The number of anilines is 1. The first-order valence-corrected chi connectivity index (χ1v) is 6.97. The number of amidine groups is 1. The van der Waals surface area contributed by atoms with Gasteiger partial charge in [-0.2, -0.15) is 0 Å². The van der Waals surface area contributed by atoms with Crippen LogP contribution in [0.15, 0.2) is 17.3 Å². The summed E-state index contributed by atoms with van der Waals surface area (Å²) < 4.78 is 5.68. The molecule has 3 N–H and O–H groups in total. The predicted octanol–water partition coefficient (Wildman–Crippen LogP) is 1.49. The number of aromatic nitrogens is 1. The summed E-state index contributed by atoms with van der Waals surface area (Å²) >= 11 is 0. The van der Waals surface area contributed by atoms with Crippen molar-refractivity contribution in [2.24, 2.45) is 10.9 Å². The summed E-state index contributed by atoms with van der Waals surface area (Å²) in [6, 6.07) is 3.70. The van der Waals surface area contributed by atoms with Gasteiger partial charge >= 0.3 is 0 Å². The van der Waals surface area contributed by atoms with Gasteiger partial charge in [-0.3, -0.25) is 0 Å². The zero-order chi connectivity index (χ0) is 14.5. The number of rotatable bonds is 5. The Balaban J connectivity index is 2.29. The third kappa shape index (κ3) is 3.19. The molecule has 0 saturated carbocycles. The van der Waals surface area contributed by atoms with Crippen LogP contribution < -0.4 is 10.6 Å². The maximum Gasteiger partial charge on any atom is 0.173 e. The number of hydrogen-bond acceptors (Lipinski definition) is 5. The fraction of sp³-hybridized carbons (Fsp3) is 0.571. The van der Waals surface area contributed by atoms with E-state index in [-0.39, 0.29) is 11.9 Å². The first-order chi connectivity index (χ1) is 9.65. The second kappa shape index (κ2) is 6.56. The molecule has 0 aromatic carbocycles. The van der Waals surface area contributed by atoms with Gasteiger partial charge in [-0.15, -0.1) is 0 Å². The molecular weight excluding hydrogens is 256 g/mol. The molecule has 1 atom stereocenters. The molecule has 2 heterocycles. The highest BCUT2D eigenvalue weighted by atomic mass is 16.5. The molecular formula is C14H22N4O2. The summed E-state index contributed by atoms with van der Waals surface area (Å²) in [4.78, 5) is 6.68. The number of ether oxygens (including phenoxy) is 1. The average Bonchev–Trinajstić information content (AvgIpc) is 2.97. The number of nitrogens with two attached hydrogens (primary N) is 1. The third-order valence-electron chi connectivity index (χ3n) is 3.53. The normalized spacial score (nSPS) is 19.3. The van der Waals surface area contributed by atoms with Crippen LogP contribution in [0.25, 0.3) is 0 Å². The molecule has 1 aromatic rings. The molecule has 6 heteroatoms. The lowest BCUT2D eigenvalue weighted by Gasteiger charge is -2.27. The van der Waals surface area contributed by atoms with Gasteiger partial charge in [0.15, 0.2) is 5.84 Å². The van der Waals surface area contributed by atoms with Gasteiger partial charge in [0, 0.05) is 25.4 Å². The average molecular weight is 278 g/mol. The predicted molar refractivity (Wildman–Crippen MR) is 78.3 cm³/mol. The fourth-order valence-corrected chi connectivity index (χ4v) is 2.44. The van der Waals surface area contributed by atoms with Crippen LogP contribution in [-0.2, 0) is 4.74 Å². The number of likely N-dealkylation sites (N-methyl/N-ethyl adjacent to an activating group) is 1. The fourth-order valence-electron chi connectivity index (χ4n) is 2.44. The van der Waals surface area contributed by atoms with Gasteiger partial charge in [-0.1, -0.05) is 5.16 Å². The maximum atomic E-state index is 8.91. The van der Waals surface area contributed by atoms with Crippen molar-refractivity contribution in [3.63, 3.8) is 0 Å². The largest absolute Gasteiger partial charge is 0.409 e. The molecule has 0 amide bonds. The Morgan fingerprint density at radius 2 is 2.40 bits per heavy atom. The van der Waals surface area contributed by atoms with Crippen LogP contribution in [0.1, 0.15) is 31.0 Å². The van der Waals surface area contributed by atoms with Crippen LogP contribution in [0.4, 0.5) is 5.82 Å². The van der Waals surface area contributed by atoms with Crippen molar-refractivity contribution in [3.05, 3.63) is 23.4 Å². The molecule has 0 aliphatic carbocycles. The summed E-state index contributed by atoms with van der Waals surface area (Å²) in [6.45, 7) is 6.39. The van der Waals surface area contributed by atoms with Crippen molar-refractivity contribution in [1.29, 1.82) is 0 Å². The second-order valence-electron chi connectivity index (χ2n) is 4.98. The molecule has 1 saturated heterocycles. The van der Waals surface area contributed by atoms with E-state index in [1.165, 1.54) is 0 Å². The monoisotopic (exact) mass is 278 g/mol. The molecule has 0 radical (unpaired) electrons. The van der Waals surface area contributed by atoms with Crippen LogP contribution in [0, 0.1) is 6.92 Å². The lowest BCUT2D eigenvalue weighted by molar-refractivity contribution is 0.115. The van der Waals surface area contributed by atoms with Crippen molar-refractivity contribution in [2.75, 3.05) is 24.6 Å². The molecule has 0 spiro atoms. The molecule has 0 bridgehead atoms. The van der Waals surface area contributed by atoms with E-state index in [0.717, 1.165) is 44.0 Å². The lowest BCUT2D eigenvalue weighted by atomic mass is 10.1. The van der Waals surface area contributed by atoms with Crippen molar-refractivity contribution in [3.8, 4) is 0 Å². The highest BCUT2D eigenvalue weighted by Crippen LogP contribution is 2.21. The summed E-state index contributed by atoms with van der Waals surface area (Å²) in [7, 11) is 0. The topological polar surface area (TPSA) is 84.0 Å². The lowest BCUT2D eigenvalue weighted by Crippen LogP contribution is -2.34. The summed E-state index contributed by atoms with van der Waals surface area (Å²) in [5, 5.41) is 12.0. The van der Waals surface area contributed by atoms with Gasteiger partial charge in [-0.05, 0) is 38.8 Å². The Morgan fingerprint density at radius 3 is 3.00 bits per heavy atom. The first-order valence-electron chi connectivity index (χ1n) is 6.97. The molecule has 20 heavy (non-hydrogen) atoms. The van der Waals surface area contributed by atoms with Crippen LogP contribution in [0.5, 0.6) is 0 Å². The van der Waals surface area contributed by atoms with Gasteiger partial charge in [0.25, 0.3) is 0 Å². The molecule has 1 fully saturated rings. The Labute approximate surface area is 119 Å². The Kier molecular flexibility index (Phi) is 4.79. The number of oxime groups is 1. The van der Waals surface area contributed by atoms with E-state index < -0.39 is 0 Å². The molecule has 110 valence electrons. The van der Waals surface area contributed by atoms with Crippen molar-refractivity contribution in [1.82, 2.24) is 4.98 Å². The Bertz CT molecular complexity index is 484. The zero-order valence-electron chi connectivity index (χ0n) is 12.0. The molecule has 1 aliphatic heterocycles. The van der Waals surface area contributed by atoms with Gasteiger partial charge < -0.3 is 20.6 Å². The van der Waals surface area contributed by atoms with E-state index in [2.05, 4.69) is 22.0 Å². The van der Waals surface area contributed by atoms with Gasteiger partial charge in [0.1, 0.15) is 5.82 Å². The minimum atomic E-state index is 0.0818. The van der Waals surface area contributed by atoms with E-state index in [0.29, 0.717) is 5.56 Å². The van der Waals surface area contributed by atoms with Crippen LogP contribution in [0.3, 0.4) is 0 Å². The summed E-state index contributed by atoms with van der Waals surface area (Å²) in [6.07, 6.45) is 2.41. The van der Waals surface area contributed by atoms with Gasteiger partial charge in [0.2, 0.25) is 0 Å². The van der Waals surface area contributed by atoms with Crippen LogP contribution in [0.2, 0.25) is 0 Å². The van der Waals surface area contributed by atoms with Gasteiger partial charge in [0.05, 0.1) is 11.7 Å². The highest BCUT2D eigenvalue weighted by molar-refractivity contribution is 6.01. The number of hydrogen-bond donors (Lipinski definition) is 2. The maximum absolute atomic E-state index is 8.91. The number of pyridine rings is 1. The van der Waals surface area contributed by atoms with Gasteiger partial charge in [-0.25, -0.2) is 4.98 Å².